The minimum atomic E-state index is -0.352. The fourth-order valence-corrected chi connectivity index (χ4v) is 2.17. The van der Waals surface area contributed by atoms with Crippen molar-refractivity contribution in [1.82, 2.24) is 15.2 Å². The number of hydrogen-bond acceptors (Lipinski definition) is 3. The lowest BCUT2D eigenvalue weighted by Crippen LogP contribution is -2.21. The van der Waals surface area contributed by atoms with Gasteiger partial charge < -0.3 is 0 Å². The molecule has 0 spiro atoms. The fraction of sp³-hybridized carbons (Fsp3) is 0.0833. The Bertz CT molecular complexity index is 619. The number of hydrogen-bond donors (Lipinski definition) is 1. The van der Waals surface area contributed by atoms with Gasteiger partial charge in [-0.25, -0.2) is 5.43 Å². The van der Waals surface area contributed by atoms with Crippen LogP contribution in [0.2, 0.25) is 5.02 Å². The van der Waals surface area contributed by atoms with Crippen molar-refractivity contribution in [3.8, 4) is 0 Å². The maximum absolute atomic E-state index is 11.9. The van der Waals surface area contributed by atoms with Gasteiger partial charge in [-0.3, -0.25) is 9.48 Å². The van der Waals surface area contributed by atoms with Crippen LogP contribution in [0.15, 0.2) is 40.0 Å². The first kappa shape index (κ1) is 13.8. The van der Waals surface area contributed by atoms with Gasteiger partial charge in [0.05, 0.1) is 16.9 Å². The van der Waals surface area contributed by atoms with Crippen molar-refractivity contribution in [2.45, 2.75) is 0 Å². The van der Waals surface area contributed by atoms with E-state index in [0.29, 0.717) is 15.2 Å². The molecule has 0 fully saturated rings. The monoisotopic (exact) mass is 340 g/mol. The molecular formula is C12H10BrClN4O. The molecular weight excluding hydrogens is 332 g/mol. The summed E-state index contributed by atoms with van der Waals surface area (Å²) in [5.41, 5.74) is 3.55. The summed E-state index contributed by atoms with van der Waals surface area (Å²) in [6.45, 7) is 0. The normalized spacial score (nSPS) is 10.9. The van der Waals surface area contributed by atoms with Crippen molar-refractivity contribution in [2.24, 2.45) is 12.1 Å². The van der Waals surface area contributed by atoms with Crippen LogP contribution in [0.3, 0.4) is 0 Å². The summed E-state index contributed by atoms with van der Waals surface area (Å²) in [4.78, 5) is 11.9. The van der Waals surface area contributed by atoms with Crippen molar-refractivity contribution >= 4 is 39.7 Å². The van der Waals surface area contributed by atoms with Gasteiger partial charge in [-0.15, -0.1) is 0 Å². The zero-order valence-corrected chi connectivity index (χ0v) is 12.3. The summed E-state index contributed by atoms with van der Waals surface area (Å²) in [6.07, 6.45) is 3.04. The van der Waals surface area contributed by atoms with Crippen LogP contribution in [-0.2, 0) is 7.05 Å². The molecule has 98 valence electrons. The molecule has 0 aliphatic carbocycles. The molecule has 19 heavy (non-hydrogen) atoms. The van der Waals surface area contributed by atoms with E-state index in [2.05, 4.69) is 31.6 Å². The number of benzene rings is 1. The van der Waals surface area contributed by atoms with Crippen LogP contribution in [0.4, 0.5) is 0 Å². The molecule has 5 nitrogen and oxygen atoms in total. The van der Waals surface area contributed by atoms with Crippen LogP contribution in [0.5, 0.6) is 0 Å². The van der Waals surface area contributed by atoms with E-state index >= 15 is 0 Å². The van der Waals surface area contributed by atoms with Crippen LogP contribution >= 0.6 is 27.5 Å². The molecule has 1 amide bonds. The third kappa shape index (κ3) is 3.21. The van der Waals surface area contributed by atoms with Crippen molar-refractivity contribution in [1.29, 1.82) is 0 Å². The van der Waals surface area contributed by atoms with Gasteiger partial charge in [0.2, 0.25) is 0 Å². The SMILES string of the molecule is Cn1ncc(Br)c1C(=O)N/N=C\c1ccccc1Cl. The van der Waals surface area contributed by atoms with Gasteiger partial charge in [0.1, 0.15) is 5.69 Å². The van der Waals surface area contributed by atoms with Gasteiger partial charge in [-0.05, 0) is 22.0 Å². The lowest BCUT2D eigenvalue weighted by Gasteiger charge is -2.01. The quantitative estimate of drug-likeness (QED) is 0.689. The summed E-state index contributed by atoms with van der Waals surface area (Å²) in [7, 11) is 1.68. The molecule has 0 aliphatic rings. The van der Waals surface area contributed by atoms with Gasteiger partial charge >= 0.3 is 0 Å². The first-order valence-electron chi connectivity index (χ1n) is 5.35. The first-order valence-corrected chi connectivity index (χ1v) is 6.52. The number of aryl methyl sites for hydroxylation is 1. The highest BCUT2D eigenvalue weighted by Crippen LogP contribution is 2.15. The van der Waals surface area contributed by atoms with E-state index in [-0.39, 0.29) is 5.91 Å². The largest absolute Gasteiger partial charge is 0.290 e. The maximum atomic E-state index is 11.9. The van der Waals surface area contributed by atoms with Gasteiger partial charge in [-0.1, -0.05) is 29.8 Å². The van der Waals surface area contributed by atoms with E-state index in [1.807, 2.05) is 12.1 Å². The highest BCUT2D eigenvalue weighted by Gasteiger charge is 2.14. The number of hydrazone groups is 1. The van der Waals surface area contributed by atoms with Crippen LogP contribution in [-0.4, -0.2) is 21.9 Å². The number of nitrogens with one attached hydrogen (secondary N) is 1. The molecule has 0 aliphatic heterocycles. The number of carbonyl (C=O) groups is 1. The minimum Gasteiger partial charge on any atom is -0.266 e. The third-order valence-electron chi connectivity index (χ3n) is 2.38. The average Bonchev–Trinajstić information content (AvgIpc) is 2.71. The zero-order chi connectivity index (χ0) is 13.8. The van der Waals surface area contributed by atoms with Crippen molar-refractivity contribution in [2.75, 3.05) is 0 Å². The Labute approximate surface area is 123 Å². The second-order valence-corrected chi connectivity index (χ2v) is 4.95. The molecule has 1 aromatic carbocycles. The Morgan fingerprint density at radius 1 is 1.53 bits per heavy atom. The standard InChI is InChI=1S/C12H10BrClN4O/c1-18-11(9(13)7-16-18)12(19)17-15-6-8-4-2-3-5-10(8)14/h2-7H,1H3,(H,17,19)/b15-6-. The number of rotatable bonds is 3. The third-order valence-corrected chi connectivity index (χ3v) is 3.31. The van der Waals surface area contributed by atoms with E-state index in [1.165, 1.54) is 10.9 Å². The Morgan fingerprint density at radius 3 is 2.89 bits per heavy atom. The lowest BCUT2D eigenvalue weighted by atomic mass is 10.2. The molecule has 0 saturated carbocycles. The van der Waals surface area contributed by atoms with Crippen molar-refractivity contribution in [3.05, 3.63) is 51.2 Å². The first-order chi connectivity index (χ1) is 9.09. The van der Waals surface area contributed by atoms with Gasteiger partial charge in [0.25, 0.3) is 5.91 Å². The number of aromatic nitrogens is 2. The summed E-state index contributed by atoms with van der Waals surface area (Å²) in [5.74, 6) is -0.352. The van der Waals surface area contributed by atoms with Crippen LogP contribution in [0.25, 0.3) is 0 Å². The Kier molecular flexibility index (Phi) is 4.34. The van der Waals surface area contributed by atoms with Gasteiger partial charge in [-0.2, -0.15) is 10.2 Å². The molecule has 0 radical (unpaired) electrons. The van der Waals surface area contributed by atoms with E-state index in [0.717, 1.165) is 5.56 Å². The number of halogens is 2. The molecule has 1 heterocycles. The summed E-state index contributed by atoms with van der Waals surface area (Å²) in [5, 5.41) is 8.39. The van der Waals surface area contributed by atoms with Gasteiger partial charge in [0.15, 0.2) is 0 Å². The zero-order valence-electron chi connectivity index (χ0n) is 9.97. The van der Waals surface area contributed by atoms with E-state index < -0.39 is 0 Å². The Morgan fingerprint density at radius 2 is 2.26 bits per heavy atom. The topological polar surface area (TPSA) is 59.3 Å². The second-order valence-electron chi connectivity index (χ2n) is 3.69. The van der Waals surface area contributed by atoms with E-state index in [4.69, 9.17) is 11.6 Å². The van der Waals surface area contributed by atoms with Crippen LogP contribution in [0.1, 0.15) is 16.1 Å². The Balaban J connectivity index is 2.08. The molecule has 0 atom stereocenters. The fourth-order valence-electron chi connectivity index (χ4n) is 1.46. The van der Waals surface area contributed by atoms with Gasteiger partial charge in [0, 0.05) is 17.6 Å². The molecule has 2 aromatic rings. The molecule has 7 heteroatoms. The highest BCUT2D eigenvalue weighted by molar-refractivity contribution is 9.10. The number of carbonyl (C=O) groups excluding carboxylic acids is 1. The lowest BCUT2D eigenvalue weighted by molar-refractivity contribution is 0.0945. The second kappa shape index (κ2) is 5.99. The molecule has 1 N–H and O–H groups in total. The molecule has 0 bridgehead atoms. The predicted molar refractivity (Wildman–Crippen MR) is 77.4 cm³/mol. The molecule has 0 unspecified atom stereocenters. The predicted octanol–water partition coefficient (Wildman–Crippen LogP) is 2.60. The summed E-state index contributed by atoms with van der Waals surface area (Å²) < 4.78 is 2.07. The van der Waals surface area contributed by atoms with Crippen molar-refractivity contribution in [3.63, 3.8) is 0 Å². The van der Waals surface area contributed by atoms with Crippen molar-refractivity contribution < 1.29 is 4.79 Å². The molecule has 0 saturated heterocycles. The summed E-state index contributed by atoms with van der Waals surface area (Å²) >= 11 is 9.21. The van der Waals surface area contributed by atoms with Crippen LogP contribution < -0.4 is 5.43 Å². The summed E-state index contributed by atoms with van der Waals surface area (Å²) in [6, 6.07) is 7.22. The van der Waals surface area contributed by atoms with E-state index in [9.17, 15) is 4.79 Å². The minimum absolute atomic E-state index is 0.352. The van der Waals surface area contributed by atoms with Crippen LogP contribution in [0, 0.1) is 0 Å². The molecule has 2 rings (SSSR count). The Hall–Kier alpha value is -1.66. The molecule has 1 aromatic heterocycles. The smallest absolute Gasteiger partial charge is 0.266 e. The average molecular weight is 342 g/mol. The highest BCUT2D eigenvalue weighted by atomic mass is 79.9. The number of amides is 1. The van der Waals surface area contributed by atoms with E-state index in [1.54, 1.807) is 25.4 Å². The number of nitrogens with zero attached hydrogens (tertiary/aromatic N) is 3. The maximum Gasteiger partial charge on any atom is 0.290 e.